The Morgan fingerprint density at radius 3 is 1.90 bits per heavy atom. The summed E-state index contributed by atoms with van der Waals surface area (Å²) in [6.45, 7) is 0. The summed E-state index contributed by atoms with van der Waals surface area (Å²) in [6.07, 6.45) is 0. The number of halogens is 5. The van der Waals surface area contributed by atoms with Crippen LogP contribution in [0.4, 0.5) is 17.6 Å². The highest BCUT2D eigenvalue weighted by atomic mass is 35.7. The molecule has 0 aliphatic heterocycles. The van der Waals surface area contributed by atoms with Crippen LogP contribution in [0.15, 0.2) is 35.2 Å². The lowest BCUT2D eigenvalue weighted by molar-refractivity contribution is 0.523. The standard InChI is InChI=1S/C12H5ClF4O2S/c13-20(18,19)12-9(16)5-4-6(11(12)17)10-7(14)2-1-3-8(10)15/h1-5H. The minimum Gasteiger partial charge on any atom is -0.207 e. The Balaban J connectivity index is 2.85. The molecule has 2 nitrogen and oxygen atoms in total. The molecule has 0 bridgehead atoms. The quantitative estimate of drug-likeness (QED) is 0.621. The topological polar surface area (TPSA) is 34.1 Å². The van der Waals surface area contributed by atoms with Crippen molar-refractivity contribution in [3.8, 4) is 11.1 Å². The van der Waals surface area contributed by atoms with Crippen LogP contribution in [0.25, 0.3) is 11.1 Å². The van der Waals surface area contributed by atoms with Crippen LogP contribution in [0.5, 0.6) is 0 Å². The number of benzene rings is 2. The van der Waals surface area contributed by atoms with Gasteiger partial charge in [-0.1, -0.05) is 6.07 Å². The van der Waals surface area contributed by atoms with E-state index in [0.29, 0.717) is 6.07 Å². The van der Waals surface area contributed by atoms with Gasteiger partial charge in [-0.25, -0.2) is 26.0 Å². The van der Waals surface area contributed by atoms with Gasteiger partial charge in [-0.3, -0.25) is 0 Å². The van der Waals surface area contributed by atoms with Crippen molar-refractivity contribution >= 4 is 19.7 Å². The molecule has 0 aliphatic rings. The first-order chi connectivity index (χ1) is 9.23. The van der Waals surface area contributed by atoms with E-state index in [1.54, 1.807) is 0 Å². The number of hydrogen-bond acceptors (Lipinski definition) is 2. The molecule has 0 aliphatic carbocycles. The Labute approximate surface area is 116 Å². The molecule has 0 spiro atoms. The Morgan fingerprint density at radius 1 is 0.850 bits per heavy atom. The first kappa shape index (κ1) is 14.8. The first-order valence-corrected chi connectivity index (χ1v) is 7.41. The van der Waals surface area contributed by atoms with Gasteiger partial charge in [-0.05, 0) is 24.3 Å². The van der Waals surface area contributed by atoms with Gasteiger partial charge in [0.2, 0.25) is 0 Å². The van der Waals surface area contributed by atoms with E-state index in [9.17, 15) is 26.0 Å². The van der Waals surface area contributed by atoms with Gasteiger partial charge in [0.05, 0.1) is 5.56 Å². The zero-order valence-electron chi connectivity index (χ0n) is 9.50. The van der Waals surface area contributed by atoms with E-state index in [1.165, 1.54) is 0 Å². The molecular weight excluding hydrogens is 320 g/mol. The second-order valence-electron chi connectivity index (χ2n) is 3.77. The SMILES string of the molecule is O=S(=O)(Cl)c1c(F)ccc(-c2c(F)cccc2F)c1F. The van der Waals surface area contributed by atoms with Crippen LogP contribution in [0, 0.1) is 23.3 Å². The van der Waals surface area contributed by atoms with Crippen LogP contribution in [0.1, 0.15) is 0 Å². The average molecular weight is 325 g/mol. The van der Waals surface area contributed by atoms with Crippen LogP contribution in [-0.2, 0) is 9.05 Å². The molecule has 106 valence electrons. The fraction of sp³-hybridized carbons (Fsp3) is 0. The van der Waals surface area contributed by atoms with Crippen LogP contribution >= 0.6 is 10.7 Å². The highest BCUT2D eigenvalue weighted by Gasteiger charge is 2.26. The number of rotatable bonds is 2. The molecule has 0 saturated heterocycles. The van der Waals surface area contributed by atoms with E-state index in [4.69, 9.17) is 10.7 Å². The average Bonchev–Trinajstić information content (AvgIpc) is 2.29. The second kappa shape index (κ2) is 5.06. The Morgan fingerprint density at radius 2 is 1.40 bits per heavy atom. The molecule has 0 radical (unpaired) electrons. The Kier molecular flexibility index (Phi) is 3.75. The Bertz CT molecular complexity index is 770. The van der Waals surface area contributed by atoms with Crippen molar-refractivity contribution in [1.29, 1.82) is 0 Å². The monoisotopic (exact) mass is 324 g/mol. The molecule has 0 atom stereocenters. The summed E-state index contributed by atoms with van der Waals surface area (Å²) >= 11 is 0. The normalized spacial score (nSPS) is 11.7. The Hall–Kier alpha value is -1.60. The molecule has 8 heteroatoms. The van der Waals surface area contributed by atoms with Gasteiger partial charge in [0, 0.05) is 16.2 Å². The van der Waals surface area contributed by atoms with Crippen molar-refractivity contribution in [2.24, 2.45) is 0 Å². The van der Waals surface area contributed by atoms with E-state index in [0.717, 1.165) is 24.3 Å². The zero-order chi connectivity index (χ0) is 15.1. The third kappa shape index (κ3) is 2.51. The molecular formula is C12H5ClF4O2S. The van der Waals surface area contributed by atoms with Gasteiger partial charge in [-0.2, -0.15) is 0 Å². The van der Waals surface area contributed by atoms with E-state index >= 15 is 0 Å². The molecule has 0 aromatic heterocycles. The maximum Gasteiger partial charge on any atom is 0.267 e. The molecule has 0 amide bonds. The summed E-state index contributed by atoms with van der Waals surface area (Å²) in [7, 11) is 0.170. The van der Waals surface area contributed by atoms with E-state index < -0.39 is 48.3 Å². The minimum absolute atomic E-state index is 0.569. The summed E-state index contributed by atoms with van der Waals surface area (Å²) in [6, 6.07) is 4.07. The third-order valence-electron chi connectivity index (χ3n) is 2.52. The van der Waals surface area contributed by atoms with E-state index in [1.807, 2.05) is 0 Å². The van der Waals surface area contributed by atoms with Crippen LogP contribution in [0.2, 0.25) is 0 Å². The molecule has 0 N–H and O–H groups in total. The maximum absolute atomic E-state index is 14.0. The molecule has 2 aromatic carbocycles. The highest BCUT2D eigenvalue weighted by Crippen LogP contribution is 2.33. The maximum atomic E-state index is 14.0. The molecule has 2 rings (SSSR count). The fourth-order valence-corrected chi connectivity index (χ4v) is 2.75. The third-order valence-corrected chi connectivity index (χ3v) is 3.85. The molecule has 0 heterocycles. The van der Waals surface area contributed by atoms with Gasteiger partial charge in [0.1, 0.15) is 17.5 Å². The lowest BCUT2D eigenvalue weighted by Gasteiger charge is -2.09. The second-order valence-corrected chi connectivity index (χ2v) is 6.28. The van der Waals surface area contributed by atoms with Crippen molar-refractivity contribution in [3.63, 3.8) is 0 Å². The van der Waals surface area contributed by atoms with Crippen LogP contribution in [-0.4, -0.2) is 8.42 Å². The summed E-state index contributed by atoms with van der Waals surface area (Å²) < 4.78 is 76.8. The van der Waals surface area contributed by atoms with Crippen LogP contribution in [0.3, 0.4) is 0 Å². The summed E-state index contributed by atoms with van der Waals surface area (Å²) in [5.41, 5.74) is -1.53. The largest absolute Gasteiger partial charge is 0.267 e. The van der Waals surface area contributed by atoms with Crippen molar-refractivity contribution < 1.29 is 26.0 Å². The molecule has 20 heavy (non-hydrogen) atoms. The molecule has 0 unspecified atom stereocenters. The lowest BCUT2D eigenvalue weighted by atomic mass is 10.0. The lowest BCUT2D eigenvalue weighted by Crippen LogP contribution is -2.03. The zero-order valence-corrected chi connectivity index (χ0v) is 11.1. The smallest absolute Gasteiger partial charge is 0.207 e. The predicted octanol–water partition coefficient (Wildman–Crippen LogP) is 3.84. The summed E-state index contributed by atoms with van der Waals surface area (Å²) in [4.78, 5) is -1.45. The molecule has 0 saturated carbocycles. The highest BCUT2D eigenvalue weighted by molar-refractivity contribution is 8.13. The van der Waals surface area contributed by atoms with Gasteiger partial charge in [0.25, 0.3) is 9.05 Å². The number of hydrogen-bond donors (Lipinski definition) is 0. The molecule has 0 fully saturated rings. The van der Waals surface area contributed by atoms with E-state index in [-0.39, 0.29) is 0 Å². The minimum atomic E-state index is -4.74. The van der Waals surface area contributed by atoms with E-state index in [2.05, 4.69) is 0 Å². The van der Waals surface area contributed by atoms with Gasteiger partial charge < -0.3 is 0 Å². The summed E-state index contributed by atoms with van der Waals surface area (Å²) in [5, 5.41) is 0. The molecule has 2 aromatic rings. The van der Waals surface area contributed by atoms with Gasteiger partial charge in [0.15, 0.2) is 10.7 Å². The van der Waals surface area contributed by atoms with Crippen molar-refractivity contribution in [2.45, 2.75) is 4.90 Å². The summed E-state index contributed by atoms with van der Waals surface area (Å²) in [5.74, 6) is -5.33. The van der Waals surface area contributed by atoms with Gasteiger partial charge >= 0.3 is 0 Å². The van der Waals surface area contributed by atoms with Crippen LogP contribution < -0.4 is 0 Å². The fourth-order valence-electron chi connectivity index (χ4n) is 1.70. The van der Waals surface area contributed by atoms with Gasteiger partial charge in [-0.15, -0.1) is 0 Å². The first-order valence-electron chi connectivity index (χ1n) is 5.10. The van der Waals surface area contributed by atoms with Crippen molar-refractivity contribution in [1.82, 2.24) is 0 Å². The van der Waals surface area contributed by atoms with Crippen molar-refractivity contribution in [2.75, 3.05) is 0 Å². The van der Waals surface area contributed by atoms with Crippen molar-refractivity contribution in [3.05, 3.63) is 53.6 Å². The predicted molar refractivity (Wildman–Crippen MR) is 64.7 cm³/mol.